The zero-order chi connectivity index (χ0) is 22.5. The Morgan fingerprint density at radius 1 is 0.781 bits per heavy atom. The zero-order valence-electron chi connectivity index (χ0n) is 18.7. The number of rotatable bonds is 4. The Kier molecular flexibility index (Phi) is 5.34. The minimum Gasteiger partial charge on any atom is -0.349 e. The van der Waals surface area contributed by atoms with Crippen LogP contribution in [0.1, 0.15) is 38.1 Å². The van der Waals surface area contributed by atoms with E-state index in [0.29, 0.717) is 5.56 Å². The van der Waals surface area contributed by atoms with E-state index >= 15 is 0 Å². The highest BCUT2D eigenvalue weighted by atomic mass is 16.9. The third-order valence-corrected chi connectivity index (χ3v) is 5.97. The maximum atomic E-state index is 12.8. The average molecular weight is 440 g/mol. The first-order valence-corrected chi connectivity index (χ1v) is 11.0. The molecule has 2 aromatic carbocycles. The summed E-state index contributed by atoms with van der Waals surface area (Å²) in [4.78, 5) is 12.8. The van der Waals surface area contributed by atoms with Crippen molar-refractivity contribution in [3.63, 3.8) is 0 Å². The molecular formula is C25H29NO6. The largest absolute Gasteiger partial charge is 0.349 e. The van der Waals surface area contributed by atoms with Crippen molar-refractivity contribution in [2.24, 2.45) is 0 Å². The van der Waals surface area contributed by atoms with Gasteiger partial charge in [0.15, 0.2) is 17.9 Å². The van der Waals surface area contributed by atoms with Crippen LogP contribution in [0, 0.1) is 0 Å². The summed E-state index contributed by atoms with van der Waals surface area (Å²) in [6.07, 6.45) is -2.08. The van der Waals surface area contributed by atoms with E-state index in [1.165, 1.54) is 0 Å². The molecule has 3 heterocycles. The lowest BCUT2D eigenvalue weighted by Crippen LogP contribution is -2.57. The van der Waals surface area contributed by atoms with Gasteiger partial charge in [0.2, 0.25) is 0 Å². The van der Waals surface area contributed by atoms with Crippen LogP contribution in [0.4, 0.5) is 0 Å². The maximum absolute atomic E-state index is 12.8. The summed E-state index contributed by atoms with van der Waals surface area (Å²) in [6.45, 7) is 7.70. The standard InChI is InChI=1S/C25H29NO6/c1-24(2)29-19-18(28-23-21(20(19)30-24)31-25(3,4)32-23)14-26-22(27)17-12-10-16(11-13-17)15-8-6-5-7-9-15/h5-13,18-21,23H,14H2,1-4H3,(H,26,27)/t18-,19+,20+,21-,23-/m1/s1. The lowest BCUT2D eigenvalue weighted by atomic mass is 9.98. The Bertz CT molecular complexity index is 974. The predicted octanol–water partition coefficient (Wildman–Crippen LogP) is 3.48. The number of benzene rings is 2. The van der Waals surface area contributed by atoms with Crippen LogP contribution in [0.3, 0.4) is 0 Å². The van der Waals surface area contributed by atoms with Crippen LogP contribution in [-0.2, 0) is 23.7 Å². The Labute approximate surface area is 187 Å². The fourth-order valence-electron chi connectivity index (χ4n) is 4.60. The number of fused-ring (bicyclic) bond motifs is 3. The molecule has 5 atom stereocenters. The van der Waals surface area contributed by atoms with Gasteiger partial charge in [0.05, 0.1) is 0 Å². The van der Waals surface area contributed by atoms with Crippen LogP contribution >= 0.6 is 0 Å². The molecule has 7 heteroatoms. The molecule has 0 saturated carbocycles. The molecule has 5 rings (SSSR count). The van der Waals surface area contributed by atoms with Crippen molar-refractivity contribution in [3.05, 3.63) is 60.2 Å². The monoisotopic (exact) mass is 439 g/mol. The third-order valence-electron chi connectivity index (χ3n) is 5.97. The van der Waals surface area contributed by atoms with E-state index in [1.54, 1.807) is 0 Å². The smallest absolute Gasteiger partial charge is 0.251 e. The van der Waals surface area contributed by atoms with E-state index < -0.39 is 24.0 Å². The van der Waals surface area contributed by atoms with Gasteiger partial charge >= 0.3 is 0 Å². The number of hydrogen-bond donors (Lipinski definition) is 1. The first kappa shape index (κ1) is 21.6. The van der Waals surface area contributed by atoms with E-state index in [9.17, 15) is 4.79 Å². The molecule has 1 amide bonds. The van der Waals surface area contributed by atoms with Crippen molar-refractivity contribution in [3.8, 4) is 11.1 Å². The molecule has 3 saturated heterocycles. The van der Waals surface area contributed by atoms with E-state index in [0.717, 1.165) is 11.1 Å². The first-order chi connectivity index (χ1) is 15.2. The van der Waals surface area contributed by atoms with Gasteiger partial charge in [-0.3, -0.25) is 4.79 Å². The molecular weight excluding hydrogens is 410 g/mol. The molecule has 2 aromatic rings. The summed E-state index contributed by atoms with van der Waals surface area (Å²) in [6, 6.07) is 17.6. The van der Waals surface area contributed by atoms with Crippen molar-refractivity contribution < 1.29 is 28.5 Å². The fraction of sp³-hybridized carbons (Fsp3) is 0.480. The molecule has 0 aliphatic carbocycles. The van der Waals surface area contributed by atoms with Gasteiger partial charge in [0.25, 0.3) is 5.91 Å². The highest BCUT2D eigenvalue weighted by Gasteiger charge is 2.60. The zero-order valence-corrected chi connectivity index (χ0v) is 18.7. The lowest BCUT2D eigenvalue weighted by Gasteiger charge is -2.37. The van der Waals surface area contributed by atoms with Crippen molar-refractivity contribution in [2.45, 2.75) is 70.0 Å². The second-order valence-electron chi connectivity index (χ2n) is 9.36. The summed E-state index contributed by atoms with van der Waals surface area (Å²) in [7, 11) is 0. The summed E-state index contributed by atoms with van der Waals surface area (Å²) in [5, 5.41) is 2.97. The summed E-state index contributed by atoms with van der Waals surface area (Å²) >= 11 is 0. The van der Waals surface area contributed by atoms with Gasteiger partial charge in [-0.2, -0.15) is 0 Å². The number of hydrogen-bond acceptors (Lipinski definition) is 6. The average Bonchev–Trinajstić information content (AvgIpc) is 3.26. The van der Waals surface area contributed by atoms with Crippen molar-refractivity contribution in [2.75, 3.05) is 6.54 Å². The molecule has 0 bridgehead atoms. The van der Waals surface area contributed by atoms with Crippen LogP contribution in [-0.4, -0.2) is 54.7 Å². The van der Waals surface area contributed by atoms with E-state index in [4.69, 9.17) is 23.7 Å². The molecule has 3 fully saturated rings. The van der Waals surface area contributed by atoms with Crippen molar-refractivity contribution >= 4 is 5.91 Å². The minimum atomic E-state index is -0.769. The molecule has 0 aromatic heterocycles. The Morgan fingerprint density at radius 3 is 2.09 bits per heavy atom. The fourth-order valence-corrected chi connectivity index (χ4v) is 4.60. The summed E-state index contributed by atoms with van der Waals surface area (Å²) < 4.78 is 30.3. The van der Waals surface area contributed by atoms with Gasteiger partial charge in [0.1, 0.15) is 24.4 Å². The van der Waals surface area contributed by atoms with Gasteiger partial charge in [-0.05, 0) is 51.0 Å². The maximum Gasteiger partial charge on any atom is 0.251 e. The number of ether oxygens (including phenoxy) is 5. The van der Waals surface area contributed by atoms with Gasteiger partial charge in [0, 0.05) is 12.1 Å². The van der Waals surface area contributed by atoms with Gasteiger partial charge in [-0.1, -0.05) is 42.5 Å². The van der Waals surface area contributed by atoms with Crippen molar-refractivity contribution in [1.82, 2.24) is 5.32 Å². The van der Waals surface area contributed by atoms with E-state index in [2.05, 4.69) is 5.32 Å². The highest BCUT2D eigenvalue weighted by molar-refractivity contribution is 5.94. The summed E-state index contributed by atoms with van der Waals surface area (Å²) in [5.41, 5.74) is 2.75. The quantitative estimate of drug-likeness (QED) is 0.786. The molecule has 3 aliphatic rings. The third kappa shape index (κ3) is 4.19. The Hall–Kier alpha value is -2.29. The Morgan fingerprint density at radius 2 is 1.38 bits per heavy atom. The highest BCUT2D eigenvalue weighted by Crippen LogP contribution is 2.43. The normalized spacial score (nSPS) is 32.2. The number of amides is 1. The minimum absolute atomic E-state index is 0.172. The molecule has 7 nitrogen and oxygen atoms in total. The van der Waals surface area contributed by atoms with Gasteiger partial charge in [-0.15, -0.1) is 0 Å². The topological polar surface area (TPSA) is 75.3 Å². The molecule has 3 aliphatic heterocycles. The second kappa shape index (κ2) is 7.93. The molecule has 0 radical (unpaired) electrons. The second-order valence-corrected chi connectivity index (χ2v) is 9.36. The van der Waals surface area contributed by atoms with Gasteiger partial charge in [-0.25, -0.2) is 0 Å². The SMILES string of the molecule is CC1(C)O[C@H]2[C@@H](O1)[C@@H](CNC(=O)c1ccc(-c3ccccc3)cc1)O[C@@H]1OC(C)(C)O[C@@H]12. The van der Waals surface area contributed by atoms with E-state index in [1.807, 2.05) is 82.3 Å². The van der Waals surface area contributed by atoms with Crippen LogP contribution in [0.25, 0.3) is 11.1 Å². The predicted molar refractivity (Wildman–Crippen MR) is 117 cm³/mol. The molecule has 170 valence electrons. The van der Waals surface area contributed by atoms with Crippen LogP contribution in [0.15, 0.2) is 54.6 Å². The lowest BCUT2D eigenvalue weighted by molar-refractivity contribution is -0.232. The van der Waals surface area contributed by atoms with Gasteiger partial charge < -0.3 is 29.0 Å². The number of carbonyl (C=O) groups is 1. The van der Waals surface area contributed by atoms with Crippen LogP contribution < -0.4 is 5.32 Å². The molecule has 0 unspecified atom stereocenters. The van der Waals surface area contributed by atoms with Crippen molar-refractivity contribution in [1.29, 1.82) is 0 Å². The summed E-state index contributed by atoms with van der Waals surface area (Å²) in [5.74, 6) is -1.71. The molecule has 0 spiro atoms. The number of nitrogens with one attached hydrogen (secondary N) is 1. The molecule has 1 N–H and O–H groups in total. The van der Waals surface area contributed by atoms with Crippen LogP contribution in [0.2, 0.25) is 0 Å². The van der Waals surface area contributed by atoms with Crippen LogP contribution in [0.5, 0.6) is 0 Å². The molecule has 32 heavy (non-hydrogen) atoms. The van der Waals surface area contributed by atoms with E-state index in [-0.39, 0.29) is 30.8 Å². The first-order valence-electron chi connectivity index (χ1n) is 11.0. The Balaban J connectivity index is 1.26. The number of carbonyl (C=O) groups excluding carboxylic acids is 1.